The largest absolute Gasteiger partial charge is 0.433 e. The fraction of sp³-hybridized carbons (Fsp3) is 0.250. The molecule has 0 radical (unpaired) electrons. The molecule has 0 bridgehead atoms. The zero-order chi connectivity index (χ0) is 16.2. The van der Waals surface area contributed by atoms with E-state index in [1.807, 2.05) is 12.1 Å². The smallest absolute Gasteiger partial charge is 0.400 e. The van der Waals surface area contributed by atoms with Crippen molar-refractivity contribution < 1.29 is 14.1 Å². The number of rotatable bonds is 4. The maximum absolute atomic E-state index is 12.1. The van der Waals surface area contributed by atoms with E-state index < -0.39 is 4.92 Å². The van der Waals surface area contributed by atoms with E-state index >= 15 is 0 Å². The number of amides is 1. The molecule has 0 aliphatic heterocycles. The van der Waals surface area contributed by atoms with E-state index in [4.69, 9.17) is 4.42 Å². The molecule has 1 aromatic carbocycles. The molecule has 1 amide bonds. The fourth-order valence-corrected chi connectivity index (χ4v) is 2.60. The molecule has 7 nitrogen and oxygen atoms in total. The van der Waals surface area contributed by atoms with Crippen LogP contribution < -0.4 is 5.43 Å². The molecule has 7 heteroatoms. The topological polar surface area (TPSA) is 97.7 Å². The van der Waals surface area contributed by atoms with Crippen LogP contribution in [0.5, 0.6) is 0 Å². The molecule has 1 aromatic heterocycles. The lowest BCUT2D eigenvalue weighted by molar-refractivity contribution is -0.402. The maximum Gasteiger partial charge on any atom is 0.433 e. The van der Waals surface area contributed by atoms with Gasteiger partial charge in [-0.15, -0.1) is 0 Å². The van der Waals surface area contributed by atoms with Crippen LogP contribution in [0.2, 0.25) is 0 Å². The van der Waals surface area contributed by atoms with E-state index in [1.165, 1.54) is 35.9 Å². The van der Waals surface area contributed by atoms with E-state index in [1.54, 1.807) is 6.07 Å². The summed E-state index contributed by atoms with van der Waals surface area (Å²) < 4.78 is 4.91. The van der Waals surface area contributed by atoms with Gasteiger partial charge in [0, 0.05) is 5.56 Å². The van der Waals surface area contributed by atoms with Crippen molar-refractivity contribution in [2.45, 2.75) is 25.7 Å². The van der Waals surface area contributed by atoms with Crippen LogP contribution in [0.15, 0.2) is 39.9 Å². The number of nitrogens with zero attached hydrogens (tertiary/aromatic N) is 2. The Balaban J connectivity index is 1.64. The number of hydrazone groups is 1. The third kappa shape index (κ3) is 3.45. The molecule has 0 saturated carbocycles. The lowest BCUT2D eigenvalue weighted by Gasteiger charge is -2.15. The average molecular weight is 313 g/mol. The molecule has 0 unspecified atom stereocenters. The van der Waals surface area contributed by atoms with Gasteiger partial charge in [-0.2, -0.15) is 5.10 Å². The van der Waals surface area contributed by atoms with Crippen LogP contribution in [0.4, 0.5) is 5.88 Å². The van der Waals surface area contributed by atoms with Gasteiger partial charge in [0.15, 0.2) is 5.76 Å². The highest BCUT2D eigenvalue weighted by atomic mass is 16.6. The Hall–Kier alpha value is -2.96. The molecule has 0 saturated heterocycles. The predicted molar refractivity (Wildman–Crippen MR) is 83.5 cm³/mol. The van der Waals surface area contributed by atoms with E-state index in [2.05, 4.69) is 10.5 Å². The van der Waals surface area contributed by atoms with Crippen LogP contribution in [0.1, 0.15) is 40.1 Å². The van der Waals surface area contributed by atoms with Crippen LogP contribution >= 0.6 is 0 Å². The number of nitro groups is 1. The van der Waals surface area contributed by atoms with Gasteiger partial charge in [-0.25, -0.2) is 5.43 Å². The predicted octanol–water partition coefficient (Wildman–Crippen LogP) is 2.83. The number of nitrogens with one attached hydrogen (secondary N) is 1. The van der Waals surface area contributed by atoms with Crippen molar-refractivity contribution in [1.82, 2.24) is 5.43 Å². The minimum atomic E-state index is -0.636. The average Bonchev–Trinajstić information content (AvgIpc) is 3.03. The van der Waals surface area contributed by atoms with Crippen molar-refractivity contribution in [2.75, 3.05) is 0 Å². The van der Waals surface area contributed by atoms with Crippen molar-refractivity contribution in [3.63, 3.8) is 0 Å². The van der Waals surface area contributed by atoms with Crippen LogP contribution in [0.3, 0.4) is 0 Å². The van der Waals surface area contributed by atoms with Gasteiger partial charge in [0.2, 0.25) is 0 Å². The summed E-state index contributed by atoms with van der Waals surface area (Å²) in [5.41, 5.74) is 5.46. The standard InChI is InChI=1S/C16H15N3O4/c20-16(13-6-5-11-3-1-2-4-12(11)9-13)18-17-10-14-7-8-15(23-14)19(21)22/h5-10H,1-4H2,(H,18,20)/b17-10-. The summed E-state index contributed by atoms with van der Waals surface area (Å²) in [6.07, 6.45) is 5.62. The molecule has 3 rings (SSSR count). The molecule has 23 heavy (non-hydrogen) atoms. The van der Waals surface area contributed by atoms with Gasteiger partial charge < -0.3 is 4.42 Å². The number of aryl methyl sites for hydroxylation is 2. The Kier molecular flexibility index (Phi) is 4.18. The minimum absolute atomic E-state index is 0.197. The van der Waals surface area contributed by atoms with Crippen LogP contribution in [-0.2, 0) is 12.8 Å². The zero-order valence-electron chi connectivity index (χ0n) is 12.3. The van der Waals surface area contributed by atoms with Gasteiger partial charge in [-0.1, -0.05) is 6.07 Å². The summed E-state index contributed by atoms with van der Waals surface area (Å²) in [5.74, 6) is -0.495. The number of fused-ring (bicyclic) bond motifs is 1. The molecule has 1 N–H and O–H groups in total. The third-order valence-electron chi connectivity index (χ3n) is 3.76. The second-order valence-corrected chi connectivity index (χ2v) is 5.32. The Morgan fingerprint density at radius 2 is 2.00 bits per heavy atom. The van der Waals surface area contributed by atoms with Crippen molar-refractivity contribution >= 4 is 18.0 Å². The molecule has 2 aromatic rings. The zero-order valence-corrected chi connectivity index (χ0v) is 12.3. The molecule has 0 spiro atoms. The number of carbonyl (C=O) groups is 1. The van der Waals surface area contributed by atoms with Crippen LogP contribution in [-0.4, -0.2) is 17.0 Å². The Labute approximate surface area is 132 Å². The van der Waals surface area contributed by atoms with Crippen LogP contribution in [0.25, 0.3) is 0 Å². The van der Waals surface area contributed by atoms with Crippen molar-refractivity contribution in [1.29, 1.82) is 0 Å². The van der Waals surface area contributed by atoms with Gasteiger partial charge in [0.25, 0.3) is 5.91 Å². The summed E-state index contributed by atoms with van der Waals surface area (Å²) in [7, 11) is 0. The molecule has 1 heterocycles. The summed E-state index contributed by atoms with van der Waals surface area (Å²) in [6, 6.07) is 8.31. The summed E-state index contributed by atoms with van der Waals surface area (Å²) in [5, 5.41) is 14.3. The van der Waals surface area contributed by atoms with Crippen molar-refractivity contribution in [3.8, 4) is 0 Å². The van der Waals surface area contributed by atoms with Gasteiger partial charge in [0.05, 0.1) is 12.3 Å². The highest BCUT2D eigenvalue weighted by Crippen LogP contribution is 2.22. The van der Waals surface area contributed by atoms with E-state index in [0.29, 0.717) is 5.56 Å². The maximum atomic E-state index is 12.1. The van der Waals surface area contributed by atoms with Gasteiger partial charge in [0.1, 0.15) is 4.92 Å². The van der Waals surface area contributed by atoms with Crippen LogP contribution in [0, 0.1) is 10.1 Å². The first-order valence-electron chi connectivity index (χ1n) is 7.33. The van der Waals surface area contributed by atoms with Gasteiger partial charge in [-0.3, -0.25) is 14.9 Å². The van der Waals surface area contributed by atoms with Crippen molar-refractivity contribution in [2.24, 2.45) is 5.10 Å². The third-order valence-corrected chi connectivity index (χ3v) is 3.76. The first-order valence-corrected chi connectivity index (χ1v) is 7.33. The second-order valence-electron chi connectivity index (χ2n) is 5.32. The van der Waals surface area contributed by atoms with Gasteiger partial charge >= 0.3 is 5.88 Å². The monoisotopic (exact) mass is 313 g/mol. The van der Waals surface area contributed by atoms with E-state index in [9.17, 15) is 14.9 Å². The number of benzene rings is 1. The second kappa shape index (κ2) is 6.43. The first-order chi connectivity index (χ1) is 11.1. The lowest BCUT2D eigenvalue weighted by atomic mass is 9.90. The Morgan fingerprint density at radius 1 is 1.22 bits per heavy atom. The summed E-state index contributed by atoms with van der Waals surface area (Å²) in [6.45, 7) is 0. The Bertz CT molecular complexity index is 779. The van der Waals surface area contributed by atoms with Gasteiger partial charge in [-0.05, 0) is 55.0 Å². The molecule has 1 aliphatic carbocycles. The number of furan rings is 1. The quantitative estimate of drug-likeness (QED) is 0.533. The first kappa shape index (κ1) is 15.0. The minimum Gasteiger partial charge on any atom is -0.400 e. The number of hydrogen-bond donors (Lipinski definition) is 1. The van der Waals surface area contributed by atoms with E-state index in [-0.39, 0.29) is 17.6 Å². The number of carbonyl (C=O) groups excluding carboxylic acids is 1. The molecular weight excluding hydrogens is 298 g/mol. The fourth-order valence-electron chi connectivity index (χ4n) is 2.60. The SMILES string of the molecule is O=C(N/N=C\c1ccc([N+](=O)[O-])o1)c1ccc2c(c1)CCCC2. The molecular formula is C16H15N3O4. The summed E-state index contributed by atoms with van der Waals surface area (Å²) in [4.78, 5) is 21.9. The van der Waals surface area contributed by atoms with Crippen molar-refractivity contribution in [3.05, 3.63) is 62.9 Å². The molecule has 0 fully saturated rings. The highest BCUT2D eigenvalue weighted by molar-refractivity contribution is 5.95. The number of hydrogen-bond acceptors (Lipinski definition) is 5. The molecule has 1 aliphatic rings. The summed E-state index contributed by atoms with van der Waals surface area (Å²) >= 11 is 0. The van der Waals surface area contributed by atoms with E-state index in [0.717, 1.165) is 19.3 Å². The Morgan fingerprint density at radius 3 is 2.74 bits per heavy atom. The normalized spacial score (nSPS) is 13.7. The highest BCUT2D eigenvalue weighted by Gasteiger charge is 2.13. The lowest BCUT2D eigenvalue weighted by Crippen LogP contribution is -2.18. The molecule has 118 valence electrons. The molecule has 0 atom stereocenters.